The minimum atomic E-state index is 0. The van der Waals surface area contributed by atoms with Gasteiger partial charge in [0.2, 0.25) is 0 Å². The molecule has 0 aliphatic rings. The van der Waals surface area contributed by atoms with Crippen LogP contribution in [-0.2, 0) is 33.2 Å². The molecule has 140 heavy (non-hydrogen) atoms. The van der Waals surface area contributed by atoms with Crippen molar-refractivity contribution in [2.24, 2.45) is 0 Å². The lowest BCUT2D eigenvalue weighted by Gasteiger charge is -1.99. The first kappa shape index (κ1) is 188. The lowest BCUT2D eigenvalue weighted by atomic mass is 10.0. The standard InChI is InChI=1S/4C13H10O.4C6H6.C3H6O.C3H8.6C2H6O.16C2H6.3CH4/c4*14-13(11-7-3-1-4-8-11)12-9-5-2-6-10-12;4*1-2-4-6-5-3-1;1-3(2)4;7*1-3-2;16*1-2;;;/h4*1-10H;4*1-6H;1-2H3;3H2,1-2H3;6*1-2H3;16*1-2H3;3*1H4. The van der Waals surface area contributed by atoms with Crippen molar-refractivity contribution in [2.75, 3.05) is 85.3 Å². The number of benzene rings is 12. The van der Waals surface area contributed by atoms with Gasteiger partial charge in [0.25, 0.3) is 0 Å². The highest BCUT2D eigenvalue weighted by molar-refractivity contribution is 6.10. The predicted molar refractivity (Wildman–Crippen MR) is 643 cm³/mol. The summed E-state index contributed by atoms with van der Waals surface area (Å²) in [5.41, 5.74) is 5.88. The Morgan fingerprint density at radius 2 is 0.179 bits per heavy atom. The number of rotatable bonds is 8. The zero-order valence-electron chi connectivity index (χ0n) is 96.6. The molecule has 0 unspecified atom stereocenters. The molecule has 0 saturated heterocycles. The molecule has 11 heteroatoms. The Labute approximate surface area is 872 Å². The van der Waals surface area contributed by atoms with Gasteiger partial charge in [0.1, 0.15) is 5.78 Å². The highest BCUT2D eigenvalue weighted by atomic mass is 16.5. The molecule has 0 heterocycles. The van der Waals surface area contributed by atoms with Crippen LogP contribution in [0.3, 0.4) is 0 Å². The molecule has 804 valence electrons. The maximum absolute atomic E-state index is 11.8. The fourth-order valence-corrected chi connectivity index (χ4v) is 6.92. The van der Waals surface area contributed by atoms with Gasteiger partial charge in [0.15, 0.2) is 23.1 Å². The van der Waals surface area contributed by atoms with E-state index in [0.29, 0.717) is 0 Å². The van der Waals surface area contributed by atoms with Gasteiger partial charge < -0.3 is 33.2 Å². The quantitative estimate of drug-likeness (QED) is 0.134. The van der Waals surface area contributed by atoms with E-state index in [1.807, 2.05) is 610 Å². The van der Waals surface area contributed by atoms with E-state index in [1.54, 1.807) is 85.3 Å². The number of carbonyl (C=O) groups is 5. The largest absolute Gasteiger partial charge is 0.388 e. The molecule has 0 amide bonds. The second-order valence-corrected chi connectivity index (χ2v) is 20.9. The first-order valence-corrected chi connectivity index (χ1v) is 49.6. The molecular formula is C129H222O11. The lowest BCUT2D eigenvalue weighted by Crippen LogP contribution is -1.99. The molecule has 0 spiro atoms. The van der Waals surface area contributed by atoms with Crippen LogP contribution in [0.15, 0.2) is 388 Å². The van der Waals surface area contributed by atoms with Crippen molar-refractivity contribution in [3.05, 3.63) is 433 Å². The molecule has 0 bridgehead atoms. The topological polar surface area (TPSA) is 141 Å². The fourth-order valence-electron chi connectivity index (χ4n) is 6.92. The van der Waals surface area contributed by atoms with Crippen LogP contribution >= 0.6 is 0 Å². The lowest BCUT2D eigenvalue weighted by molar-refractivity contribution is -0.115. The van der Waals surface area contributed by atoms with E-state index in [-0.39, 0.29) is 51.2 Å². The van der Waals surface area contributed by atoms with E-state index >= 15 is 0 Å². The molecule has 0 aliphatic carbocycles. The summed E-state index contributed by atoms with van der Waals surface area (Å²) in [7, 11) is 19.5. The minimum absolute atomic E-state index is 0. The van der Waals surface area contributed by atoms with Crippen LogP contribution in [0.25, 0.3) is 0 Å². The summed E-state index contributed by atoms with van der Waals surface area (Å²) in [4.78, 5) is 56.8. The molecule has 0 aromatic heterocycles. The van der Waals surface area contributed by atoms with Crippen molar-refractivity contribution in [2.45, 2.75) is 278 Å². The molecule has 0 N–H and O–H groups in total. The van der Waals surface area contributed by atoms with Crippen LogP contribution < -0.4 is 0 Å². The number of ether oxygens (including phenoxy) is 6. The van der Waals surface area contributed by atoms with Gasteiger partial charge in [-0.05, 0) is 13.8 Å². The highest BCUT2D eigenvalue weighted by Crippen LogP contribution is 2.12. The summed E-state index contributed by atoms with van der Waals surface area (Å²) < 4.78 is 25.5. The Morgan fingerprint density at radius 3 is 0.221 bits per heavy atom. The van der Waals surface area contributed by atoms with E-state index in [9.17, 15) is 24.0 Å². The third-order valence-electron chi connectivity index (χ3n) is 11.0. The molecular weight excluding hydrogens is 1730 g/mol. The Kier molecular flexibility index (Phi) is 282. The van der Waals surface area contributed by atoms with Gasteiger partial charge in [-0.3, -0.25) is 19.2 Å². The summed E-state index contributed by atoms with van der Waals surface area (Å²) in [6.45, 7) is 71.3. The summed E-state index contributed by atoms with van der Waals surface area (Å²) in [5.74, 6) is 0.467. The number of hydrogen-bond donors (Lipinski definition) is 0. The number of methoxy groups -OCH3 is 6. The molecule has 0 aliphatic heterocycles. The van der Waals surface area contributed by atoms with Crippen molar-refractivity contribution in [1.82, 2.24) is 0 Å². The SMILES string of the molecule is C.C.C.CC.CC.CC.CC.CC.CC.CC.CC.CC.CC.CC.CC.CC.CC.CC.CC.CC(C)=O.CCC.COC.COC.COC.COC.COC.COC.O=C(c1ccccc1)c1ccccc1.O=C(c1ccccc1)c1ccccc1.O=C(c1ccccc1)c1ccccc1.O=C(c1ccccc1)c1ccccc1.c1ccccc1.c1ccccc1.c1ccccc1.c1ccccc1. The Morgan fingerprint density at radius 1 is 0.143 bits per heavy atom. The first-order valence-electron chi connectivity index (χ1n) is 49.6. The van der Waals surface area contributed by atoms with Gasteiger partial charge >= 0.3 is 0 Å². The van der Waals surface area contributed by atoms with E-state index in [0.717, 1.165) is 44.5 Å². The molecule has 0 fully saturated rings. The van der Waals surface area contributed by atoms with Crippen LogP contribution in [0.5, 0.6) is 0 Å². The van der Waals surface area contributed by atoms with Gasteiger partial charge in [0.05, 0.1) is 0 Å². The van der Waals surface area contributed by atoms with Crippen molar-refractivity contribution in [3.63, 3.8) is 0 Å². The Hall–Kier alpha value is -11.3. The average Bonchev–Trinajstić information content (AvgIpc) is 0.888. The second kappa shape index (κ2) is 210. The number of hydrogen-bond acceptors (Lipinski definition) is 11. The molecule has 0 saturated carbocycles. The van der Waals surface area contributed by atoms with Gasteiger partial charge in [0, 0.05) is 130 Å². The van der Waals surface area contributed by atoms with Crippen molar-refractivity contribution >= 4 is 28.9 Å². The third kappa shape index (κ3) is 169. The van der Waals surface area contributed by atoms with Crippen LogP contribution in [-0.4, -0.2) is 114 Å². The summed E-state index contributed by atoms with van der Waals surface area (Å²) >= 11 is 0. The zero-order valence-corrected chi connectivity index (χ0v) is 96.6. The summed E-state index contributed by atoms with van der Waals surface area (Å²) in [5, 5.41) is 0. The first-order chi connectivity index (χ1) is 67.1. The van der Waals surface area contributed by atoms with Crippen LogP contribution in [0.2, 0.25) is 0 Å². The Bertz CT molecular complexity index is 2910. The molecule has 0 radical (unpaired) electrons. The zero-order chi connectivity index (χ0) is 111. The van der Waals surface area contributed by atoms with Gasteiger partial charge in [-0.1, -0.05) is 652 Å². The number of ketones is 5. The van der Waals surface area contributed by atoms with E-state index in [2.05, 4.69) is 42.3 Å². The Balaban J connectivity index is -0.0000000499. The highest BCUT2D eigenvalue weighted by Gasteiger charge is 2.09. The smallest absolute Gasteiger partial charge is 0.193 e. The predicted octanol–water partition coefficient (Wildman–Crippen LogP) is 40.3. The monoisotopic (exact) mass is 1950 g/mol. The summed E-state index contributed by atoms with van der Waals surface area (Å²) in [6, 6.07) is 122. The molecule has 12 aromatic rings. The van der Waals surface area contributed by atoms with Crippen LogP contribution in [0.1, 0.15) is 342 Å². The molecule has 12 rings (SSSR count). The number of Topliss-reactive ketones (excluding diaryl/α,β-unsaturated/α-hetero) is 1. The van der Waals surface area contributed by atoms with Crippen LogP contribution in [0, 0.1) is 0 Å². The van der Waals surface area contributed by atoms with Gasteiger partial charge in [-0.25, -0.2) is 0 Å². The second-order valence-electron chi connectivity index (χ2n) is 20.9. The molecule has 11 nitrogen and oxygen atoms in total. The fraction of sp³-hybridized carbons (Fsp3) is 0.403. The number of carbonyl (C=O) groups excluding carboxylic acids is 5. The normalized spacial score (nSPS) is 7.03. The van der Waals surface area contributed by atoms with Crippen LogP contribution in [0.4, 0.5) is 0 Å². The van der Waals surface area contributed by atoms with Gasteiger partial charge in [-0.15, -0.1) is 0 Å². The molecule has 12 aromatic carbocycles. The minimum Gasteiger partial charge on any atom is -0.388 e. The van der Waals surface area contributed by atoms with Crippen molar-refractivity contribution < 1.29 is 52.4 Å². The third-order valence-corrected chi connectivity index (χ3v) is 11.0. The van der Waals surface area contributed by atoms with Gasteiger partial charge in [-0.2, -0.15) is 0 Å². The maximum Gasteiger partial charge on any atom is 0.193 e. The summed E-state index contributed by atoms with van der Waals surface area (Å²) in [6.07, 6.45) is 1.25. The average molecular weight is 1950 g/mol. The molecule has 0 atom stereocenters. The maximum atomic E-state index is 11.8. The van der Waals surface area contributed by atoms with E-state index in [1.165, 1.54) is 20.3 Å². The van der Waals surface area contributed by atoms with Crippen molar-refractivity contribution in [1.29, 1.82) is 0 Å². The van der Waals surface area contributed by atoms with Crippen molar-refractivity contribution in [3.8, 4) is 0 Å². The van der Waals surface area contributed by atoms with E-state index in [4.69, 9.17) is 0 Å². The van der Waals surface area contributed by atoms with E-state index < -0.39 is 0 Å².